The molecule has 18 heteroatoms. The lowest BCUT2D eigenvalue weighted by Crippen LogP contribution is -2.47. The van der Waals surface area contributed by atoms with Crippen molar-refractivity contribution in [3.8, 4) is 0 Å². The molecule has 2 N–H and O–H groups in total. The molecule has 2 saturated heterocycles. The van der Waals surface area contributed by atoms with Gasteiger partial charge in [0.2, 0.25) is 10.0 Å². The number of allylic oxidation sites excluding steroid dienone is 1. The highest BCUT2D eigenvalue weighted by molar-refractivity contribution is 7.99. The number of carbonyl (C=O) groups is 1. The number of ether oxygens (including phenoxy) is 1. The molecule has 2 fully saturated rings. The molecule has 0 unspecified atom stereocenters. The molecule has 0 saturated carbocycles. The second-order valence-electron chi connectivity index (χ2n) is 16.3. The molecule has 2 aliphatic heterocycles. The molecule has 0 spiro atoms. The third-order valence-electron chi connectivity index (χ3n) is 12.0. The van der Waals surface area contributed by atoms with Crippen LogP contribution in [0.2, 0.25) is 5.02 Å². The molecule has 1 aliphatic carbocycles. The van der Waals surface area contributed by atoms with E-state index in [0.717, 1.165) is 86.3 Å². The Labute approximate surface area is 389 Å². The molecule has 1 atom stereocenters. The van der Waals surface area contributed by atoms with Gasteiger partial charge in [-0.05, 0) is 128 Å². The summed E-state index contributed by atoms with van der Waals surface area (Å²) in [5.41, 5.74) is 4.75. The minimum atomic E-state index is -5.78. The summed E-state index contributed by atoms with van der Waals surface area (Å²) in [6, 6.07) is 26.3. The minimum Gasteiger partial charge on any atom is -0.380 e. The molecule has 4 aromatic rings. The molecular weight excluding hydrogens is 924 g/mol. The zero-order chi connectivity index (χ0) is 45.5. The van der Waals surface area contributed by atoms with Gasteiger partial charge in [-0.3, -0.25) is 9.69 Å². The highest BCUT2D eigenvalue weighted by Gasteiger charge is 2.47. The summed E-state index contributed by atoms with van der Waals surface area (Å²) < 4.78 is 82.8. The number of benzene rings is 4. The number of nitrogens with zero attached hydrogens (tertiary/aromatic N) is 4. The number of piperazine rings is 1. The second-order valence-corrected chi connectivity index (χ2v) is 22.0. The number of rotatable bonds is 16. The lowest BCUT2D eigenvalue weighted by Gasteiger charge is -2.37. The topological polar surface area (TPSA) is 134 Å². The second kappa shape index (κ2) is 21.4. The monoisotopic (exact) mass is 975 g/mol. The van der Waals surface area contributed by atoms with Gasteiger partial charge in [-0.1, -0.05) is 47.5 Å². The van der Waals surface area contributed by atoms with Gasteiger partial charge >= 0.3 is 4.71 Å². The number of hydrogen-bond acceptors (Lipinski definition) is 10. The van der Waals surface area contributed by atoms with E-state index in [9.17, 15) is 25.6 Å². The third-order valence-corrected chi connectivity index (χ3v) is 16.5. The SMILES string of the molecule is NS(=O)(=O)c1ccc(N(C(=O)c2ccc(N3CCN(CC4=C(c5ccc(Cl)cc5)CCCC4)CC3)cc2)[C@H](CCN2CCCOCC2)CSc2ccccc2)c(S(=O)(=O)C(F)(F)Cl)c1. The molecular formula is C46H53Cl2F2N5O6S3. The zero-order valence-electron chi connectivity index (χ0n) is 35.4. The van der Waals surface area contributed by atoms with Crippen molar-refractivity contribution in [1.29, 1.82) is 0 Å². The van der Waals surface area contributed by atoms with Crippen LogP contribution in [0, 0.1) is 0 Å². The molecule has 2 heterocycles. The van der Waals surface area contributed by atoms with Gasteiger partial charge in [-0.15, -0.1) is 11.8 Å². The summed E-state index contributed by atoms with van der Waals surface area (Å²) >= 11 is 12.8. The zero-order valence-corrected chi connectivity index (χ0v) is 39.3. The number of primary sulfonamides is 1. The van der Waals surface area contributed by atoms with E-state index in [1.807, 2.05) is 54.6 Å². The number of nitrogens with two attached hydrogens (primary N) is 1. The standard InChI is InChI=1S/C46H53Cl2F2N5O6S3/c47-37-15-11-34(12-16-37)42-10-5-4-7-36(42)32-53-24-26-54(27-25-53)38-17-13-35(14-18-38)45(56)55(43-20-19-41(64(51,59)60)31-44(43)63(57,58)46(48,49)50)39(33-62-40-8-2-1-3-9-40)21-23-52-22-6-29-61-30-28-52/h1-3,8-9,11-20,31,39H,4-7,10,21-30,32-33H2,(H2,51,59,60)/t39-/m1/s1. The fourth-order valence-corrected chi connectivity index (χ4v) is 11.6. The largest absolute Gasteiger partial charge is 0.427 e. The smallest absolute Gasteiger partial charge is 0.380 e. The van der Waals surface area contributed by atoms with Gasteiger partial charge in [0.25, 0.3) is 15.7 Å². The molecule has 4 aromatic carbocycles. The summed E-state index contributed by atoms with van der Waals surface area (Å²) in [6.07, 6.45) is 5.56. The predicted molar refractivity (Wildman–Crippen MR) is 252 cm³/mol. The lowest BCUT2D eigenvalue weighted by atomic mass is 9.87. The summed E-state index contributed by atoms with van der Waals surface area (Å²) in [6.45, 7) is 7.04. The van der Waals surface area contributed by atoms with E-state index in [2.05, 4.69) is 26.8 Å². The van der Waals surface area contributed by atoms with Crippen molar-refractivity contribution in [1.82, 2.24) is 9.80 Å². The van der Waals surface area contributed by atoms with Crippen molar-refractivity contribution in [2.24, 2.45) is 5.14 Å². The molecule has 0 aromatic heterocycles. The number of sulfonamides is 1. The van der Waals surface area contributed by atoms with Crippen LogP contribution >= 0.6 is 35.0 Å². The summed E-state index contributed by atoms with van der Waals surface area (Å²) in [5.74, 6) is -0.432. The highest BCUT2D eigenvalue weighted by atomic mass is 35.5. The number of thioether (sulfide) groups is 1. The van der Waals surface area contributed by atoms with Gasteiger partial charge < -0.3 is 19.4 Å². The summed E-state index contributed by atoms with van der Waals surface area (Å²) in [7, 11) is -10.4. The Balaban J connectivity index is 1.18. The van der Waals surface area contributed by atoms with Gasteiger partial charge in [-0.2, -0.15) is 8.78 Å². The molecule has 64 heavy (non-hydrogen) atoms. The Bertz CT molecular complexity index is 2480. The average Bonchev–Trinajstić information content (AvgIpc) is 3.57. The van der Waals surface area contributed by atoms with Gasteiger partial charge in [-0.25, -0.2) is 22.0 Å². The molecule has 0 bridgehead atoms. The van der Waals surface area contributed by atoms with E-state index >= 15 is 4.79 Å². The van der Waals surface area contributed by atoms with Gasteiger partial charge in [0, 0.05) is 91.9 Å². The first-order chi connectivity index (χ1) is 30.6. The van der Waals surface area contributed by atoms with Crippen molar-refractivity contribution >= 4 is 77.7 Å². The third kappa shape index (κ3) is 12.1. The van der Waals surface area contributed by atoms with Crippen molar-refractivity contribution in [3.05, 3.63) is 119 Å². The summed E-state index contributed by atoms with van der Waals surface area (Å²) in [5, 5.41) is 6.09. The quantitative estimate of drug-likeness (QED) is 0.0860. The molecule has 3 aliphatic rings. The number of amides is 1. The Hall–Kier alpha value is -3.58. The van der Waals surface area contributed by atoms with E-state index in [-0.39, 0.29) is 11.3 Å². The fraction of sp³-hybridized carbons (Fsp3) is 0.413. The van der Waals surface area contributed by atoms with Crippen molar-refractivity contribution < 1.29 is 35.1 Å². The number of alkyl halides is 3. The van der Waals surface area contributed by atoms with E-state index in [4.69, 9.17) is 33.1 Å². The first-order valence-electron chi connectivity index (χ1n) is 21.4. The number of halogens is 4. The number of anilines is 2. The Morgan fingerprint density at radius 2 is 1.53 bits per heavy atom. The van der Waals surface area contributed by atoms with E-state index in [1.165, 1.54) is 46.2 Å². The van der Waals surface area contributed by atoms with Crippen LogP contribution in [0.4, 0.5) is 20.2 Å². The van der Waals surface area contributed by atoms with Crippen molar-refractivity contribution in [2.45, 2.75) is 64.0 Å². The van der Waals surface area contributed by atoms with Crippen LogP contribution in [0.15, 0.2) is 117 Å². The van der Waals surface area contributed by atoms with E-state index < -0.39 is 52.0 Å². The maximum Gasteiger partial charge on any atom is 0.427 e. The molecule has 344 valence electrons. The van der Waals surface area contributed by atoms with Crippen LogP contribution in [0.25, 0.3) is 5.57 Å². The van der Waals surface area contributed by atoms with Gasteiger partial charge in [0.1, 0.15) is 0 Å². The molecule has 7 rings (SSSR count). The molecule has 0 radical (unpaired) electrons. The number of carbonyl (C=O) groups excluding carboxylic acids is 1. The molecule has 11 nitrogen and oxygen atoms in total. The first kappa shape index (κ1) is 48.4. The Morgan fingerprint density at radius 1 is 0.828 bits per heavy atom. The number of hydrogen-bond donors (Lipinski definition) is 1. The van der Waals surface area contributed by atoms with E-state index in [0.29, 0.717) is 38.8 Å². The normalized spacial score (nSPS) is 17.9. The fourth-order valence-electron chi connectivity index (χ4n) is 8.56. The van der Waals surface area contributed by atoms with Crippen molar-refractivity contribution in [2.75, 3.05) is 81.1 Å². The summed E-state index contributed by atoms with van der Waals surface area (Å²) in [4.78, 5) is 22.2. The maximum absolute atomic E-state index is 15.1. The van der Waals surface area contributed by atoms with Crippen LogP contribution in [-0.4, -0.2) is 115 Å². The minimum absolute atomic E-state index is 0.177. The first-order valence-corrected chi connectivity index (χ1v) is 26.2. The van der Waals surface area contributed by atoms with Crippen LogP contribution < -0.4 is 14.9 Å². The highest BCUT2D eigenvalue weighted by Crippen LogP contribution is 2.41. The van der Waals surface area contributed by atoms with Crippen LogP contribution in [0.3, 0.4) is 0 Å². The van der Waals surface area contributed by atoms with Gasteiger partial charge in [0.15, 0.2) is 0 Å². The Kier molecular flexibility index (Phi) is 16.1. The van der Waals surface area contributed by atoms with Crippen LogP contribution in [0.5, 0.6) is 0 Å². The van der Waals surface area contributed by atoms with Crippen LogP contribution in [-0.2, 0) is 24.6 Å². The average molecular weight is 977 g/mol. The lowest BCUT2D eigenvalue weighted by molar-refractivity contribution is 0.0974. The molecule has 1 amide bonds. The van der Waals surface area contributed by atoms with Gasteiger partial charge in [0.05, 0.1) is 22.1 Å². The maximum atomic E-state index is 15.1. The Morgan fingerprint density at radius 3 is 2.22 bits per heavy atom. The number of sulfone groups is 1. The van der Waals surface area contributed by atoms with Crippen LogP contribution in [0.1, 0.15) is 54.4 Å². The predicted octanol–water partition coefficient (Wildman–Crippen LogP) is 8.62. The van der Waals surface area contributed by atoms with E-state index in [1.54, 1.807) is 12.1 Å². The van der Waals surface area contributed by atoms with Crippen molar-refractivity contribution in [3.63, 3.8) is 0 Å².